The largest absolute Gasteiger partial charge is 0.395 e. The van der Waals surface area contributed by atoms with Crippen LogP contribution in [0.15, 0.2) is 30.3 Å². The summed E-state index contributed by atoms with van der Waals surface area (Å²) in [6, 6.07) is 10.3. The summed E-state index contributed by atoms with van der Waals surface area (Å²) >= 11 is 0. The van der Waals surface area contributed by atoms with Crippen LogP contribution in [0.3, 0.4) is 0 Å². The lowest BCUT2D eigenvalue weighted by atomic mass is 9.91. The molecule has 1 aliphatic rings. The molecule has 1 aliphatic carbocycles. The predicted octanol–water partition coefficient (Wildman–Crippen LogP) is 1.57. The van der Waals surface area contributed by atoms with Gasteiger partial charge in [-0.3, -0.25) is 4.90 Å². The highest BCUT2D eigenvalue weighted by atomic mass is 16.3. The lowest BCUT2D eigenvalue weighted by Crippen LogP contribution is -2.43. The minimum atomic E-state index is -0.455. The Kier molecular flexibility index (Phi) is 4.54. The summed E-state index contributed by atoms with van der Waals surface area (Å²) in [5.41, 5.74) is 0.953. The van der Waals surface area contributed by atoms with E-state index in [4.69, 9.17) is 5.11 Å². The van der Waals surface area contributed by atoms with Crippen LogP contribution in [0.25, 0.3) is 0 Å². The molecule has 94 valence electrons. The van der Waals surface area contributed by atoms with Gasteiger partial charge in [0.05, 0.1) is 12.7 Å². The van der Waals surface area contributed by atoms with E-state index in [-0.39, 0.29) is 6.61 Å². The molecule has 1 unspecified atom stereocenters. The summed E-state index contributed by atoms with van der Waals surface area (Å²) in [5, 5.41) is 19.2. The molecule has 1 aromatic carbocycles. The van der Waals surface area contributed by atoms with E-state index in [1.54, 1.807) is 0 Å². The van der Waals surface area contributed by atoms with Crippen LogP contribution >= 0.6 is 0 Å². The average Bonchev–Trinajstić information content (AvgIpc) is 2.28. The summed E-state index contributed by atoms with van der Waals surface area (Å²) in [5.74, 6) is 0. The molecule has 1 fully saturated rings. The van der Waals surface area contributed by atoms with Gasteiger partial charge in [0.15, 0.2) is 0 Å². The minimum absolute atomic E-state index is 0.165. The summed E-state index contributed by atoms with van der Waals surface area (Å²) in [7, 11) is 0. The van der Waals surface area contributed by atoms with Gasteiger partial charge >= 0.3 is 0 Å². The van der Waals surface area contributed by atoms with Crippen LogP contribution in [-0.2, 0) is 0 Å². The number of hydrogen-bond acceptors (Lipinski definition) is 3. The van der Waals surface area contributed by atoms with Crippen molar-refractivity contribution < 1.29 is 10.2 Å². The summed E-state index contributed by atoms with van der Waals surface area (Å²) in [6.45, 7) is 1.45. The van der Waals surface area contributed by atoms with Crippen molar-refractivity contribution in [2.24, 2.45) is 0 Å². The van der Waals surface area contributed by atoms with Crippen molar-refractivity contribution in [2.75, 3.05) is 19.7 Å². The van der Waals surface area contributed by atoms with Gasteiger partial charge in [0.2, 0.25) is 0 Å². The van der Waals surface area contributed by atoms with Crippen LogP contribution < -0.4 is 0 Å². The standard InChI is InChI=1S/C14H21NO2/c16-10-9-15(13-7-4-8-13)11-14(17)12-5-2-1-3-6-12/h1-3,5-6,13-14,16-17H,4,7-11H2. The maximum absolute atomic E-state index is 10.2. The van der Waals surface area contributed by atoms with Crippen LogP contribution in [-0.4, -0.2) is 40.9 Å². The number of aliphatic hydroxyl groups excluding tert-OH is 2. The highest BCUT2D eigenvalue weighted by Gasteiger charge is 2.26. The van der Waals surface area contributed by atoms with Gasteiger partial charge in [-0.05, 0) is 18.4 Å². The molecule has 2 N–H and O–H groups in total. The molecule has 0 bridgehead atoms. The van der Waals surface area contributed by atoms with Crippen LogP contribution in [0.4, 0.5) is 0 Å². The third-order valence-corrected chi connectivity index (χ3v) is 3.57. The Hall–Kier alpha value is -0.900. The second-order valence-electron chi connectivity index (χ2n) is 4.73. The summed E-state index contributed by atoms with van der Waals surface area (Å²) in [4.78, 5) is 2.21. The van der Waals surface area contributed by atoms with Crippen LogP contribution in [0.5, 0.6) is 0 Å². The Morgan fingerprint density at radius 3 is 2.47 bits per heavy atom. The van der Waals surface area contributed by atoms with Crippen molar-refractivity contribution in [1.82, 2.24) is 4.90 Å². The SMILES string of the molecule is OCCN(CC(O)c1ccccc1)C1CCC1. The predicted molar refractivity (Wildman–Crippen MR) is 67.7 cm³/mol. The normalized spacial score (nSPS) is 18.1. The lowest BCUT2D eigenvalue weighted by molar-refractivity contribution is 0.0460. The van der Waals surface area contributed by atoms with Crippen molar-refractivity contribution >= 4 is 0 Å². The molecule has 17 heavy (non-hydrogen) atoms. The molecule has 0 aliphatic heterocycles. The highest BCUT2D eigenvalue weighted by Crippen LogP contribution is 2.26. The van der Waals surface area contributed by atoms with Crippen molar-refractivity contribution in [2.45, 2.75) is 31.4 Å². The first-order chi connectivity index (χ1) is 8.31. The van der Waals surface area contributed by atoms with Crippen molar-refractivity contribution in [3.05, 3.63) is 35.9 Å². The fourth-order valence-electron chi connectivity index (χ4n) is 2.31. The Morgan fingerprint density at radius 1 is 1.24 bits per heavy atom. The quantitative estimate of drug-likeness (QED) is 0.786. The lowest BCUT2D eigenvalue weighted by Gasteiger charge is -2.38. The first-order valence-corrected chi connectivity index (χ1v) is 6.39. The third kappa shape index (κ3) is 3.28. The number of hydrogen-bond donors (Lipinski definition) is 2. The number of nitrogens with zero attached hydrogens (tertiary/aromatic N) is 1. The average molecular weight is 235 g/mol. The summed E-state index contributed by atoms with van der Waals surface area (Å²) in [6.07, 6.45) is 3.21. The molecule has 0 spiro atoms. The van der Waals surface area contributed by atoms with E-state index in [0.717, 1.165) is 5.56 Å². The Bertz CT molecular complexity index is 324. The van der Waals surface area contributed by atoms with Crippen molar-refractivity contribution in [3.63, 3.8) is 0 Å². The van der Waals surface area contributed by atoms with E-state index in [2.05, 4.69) is 4.90 Å². The molecule has 0 radical (unpaired) electrons. The monoisotopic (exact) mass is 235 g/mol. The van der Waals surface area contributed by atoms with E-state index >= 15 is 0 Å². The minimum Gasteiger partial charge on any atom is -0.395 e. The van der Waals surface area contributed by atoms with Gasteiger partial charge in [0, 0.05) is 19.1 Å². The maximum Gasteiger partial charge on any atom is 0.0917 e. The van der Waals surface area contributed by atoms with E-state index in [9.17, 15) is 5.11 Å². The zero-order valence-electron chi connectivity index (χ0n) is 10.1. The molecule has 0 amide bonds. The Balaban J connectivity index is 1.92. The van der Waals surface area contributed by atoms with E-state index in [1.165, 1.54) is 19.3 Å². The van der Waals surface area contributed by atoms with Gasteiger partial charge in [-0.2, -0.15) is 0 Å². The van der Waals surface area contributed by atoms with Gasteiger partial charge in [0.1, 0.15) is 0 Å². The van der Waals surface area contributed by atoms with Crippen LogP contribution in [0.2, 0.25) is 0 Å². The fourth-order valence-corrected chi connectivity index (χ4v) is 2.31. The van der Waals surface area contributed by atoms with E-state index < -0.39 is 6.10 Å². The van der Waals surface area contributed by atoms with Gasteiger partial charge in [-0.1, -0.05) is 36.8 Å². The molecule has 0 aromatic heterocycles. The molecular weight excluding hydrogens is 214 g/mol. The second-order valence-corrected chi connectivity index (χ2v) is 4.73. The molecule has 3 heteroatoms. The van der Waals surface area contributed by atoms with Crippen LogP contribution in [0.1, 0.15) is 30.9 Å². The van der Waals surface area contributed by atoms with Gasteiger partial charge in [0.25, 0.3) is 0 Å². The molecule has 2 rings (SSSR count). The number of rotatable bonds is 6. The Labute approximate surface area is 103 Å². The molecule has 0 heterocycles. The fraction of sp³-hybridized carbons (Fsp3) is 0.571. The van der Waals surface area contributed by atoms with Gasteiger partial charge < -0.3 is 10.2 Å². The second kappa shape index (κ2) is 6.15. The van der Waals surface area contributed by atoms with Gasteiger partial charge in [-0.15, -0.1) is 0 Å². The molecule has 1 atom stereocenters. The zero-order valence-corrected chi connectivity index (χ0v) is 10.1. The number of benzene rings is 1. The zero-order chi connectivity index (χ0) is 12.1. The van der Waals surface area contributed by atoms with E-state index in [1.807, 2.05) is 30.3 Å². The third-order valence-electron chi connectivity index (χ3n) is 3.57. The highest BCUT2D eigenvalue weighted by molar-refractivity contribution is 5.17. The Morgan fingerprint density at radius 2 is 1.94 bits per heavy atom. The smallest absolute Gasteiger partial charge is 0.0917 e. The first kappa shape index (κ1) is 12.6. The molecule has 1 saturated carbocycles. The van der Waals surface area contributed by atoms with Crippen molar-refractivity contribution in [3.8, 4) is 0 Å². The van der Waals surface area contributed by atoms with Crippen molar-refractivity contribution in [1.29, 1.82) is 0 Å². The molecular formula is C14H21NO2. The molecule has 1 aromatic rings. The molecule has 3 nitrogen and oxygen atoms in total. The van der Waals surface area contributed by atoms with Gasteiger partial charge in [-0.25, -0.2) is 0 Å². The summed E-state index contributed by atoms with van der Waals surface area (Å²) < 4.78 is 0. The molecule has 0 saturated heterocycles. The van der Waals surface area contributed by atoms with Crippen LogP contribution in [0, 0.1) is 0 Å². The number of aliphatic hydroxyl groups is 2. The topological polar surface area (TPSA) is 43.7 Å². The maximum atomic E-state index is 10.2. The first-order valence-electron chi connectivity index (χ1n) is 6.39. The van der Waals surface area contributed by atoms with E-state index in [0.29, 0.717) is 19.1 Å².